The Balaban J connectivity index is 1.45. The van der Waals surface area contributed by atoms with Crippen LogP contribution in [0.25, 0.3) is 11.4 Å². The number of carbonyl (C=O) groups excluding carboxylic acids is 2. The molecule has 3 atom stereocenters. The average Bonchev–Trinajstić information content (AvgIpc) is 3.09. The first-order chi connectivity index (χ1) is 15.1. The summed E-state index contributed by atoms with van der Waals surface area (Å²) >= 11 is 6.15. The summed E-state index contributed by atoms with van der Waals surface area (Å²) < 4.78 is 5.55. The Morgan fingerprint density at radius 2 is 2.22 bits per heavy atom. The number of aliphatic hydroxyl groups is 1. The van der Waals surface area contributed by atoms with E-state index in [1.807, 2.05) is 20.8 Å². The Labute approximate surface area is 190 Å². The number of hydrogen-bond acceptors (Lipinski definition) is 7. The van der Waals surface area contributed by atoms with Crippen molar-refractivity contribution < 1.29 is 19.4 Å². The van der Waals surface area contributed by atoms with Crippen LogP contribution < -0.4 is 5.32 Å². The number of nitrogens with zero attached hydrogens (tertiary/aromatic N) is 4. The second-order valence-corrected chi connectivity index (χ2v) is 9.70. The molecule has 0 bridgehead atoms. The molecule has 0 unspecified atom stereocenters. The van der Waals surface area contributed by atoms with Gasteiger partial charge < -0.3 is 20.1 Å². The normalized spacial score (nSPS) is 23.0. The summed E-state index contributed by atoms with van der Waals surface area (Å²) in [5, 5.41) is 27.8. The van der Waals surface area contributed by atoms with Crippen LogP contribution in [-0.2, 0) is 20.9 Å². The third kappa shape index (κ3) is 4.35. The second-order valence-electron chi connectivity index (χ2n) is 9.26. The smallest absolute Gasteiger partial charge is 0.254 e. The number of aromatic nitrogens is 4. The van der Waals surface area contributed by atoms with Crippen LogP contribution in [0.15, 0.2) is 18.2 Å². The topological polar surface area (TPSA) is 133 Å². The van der Waals surface area contributed by atoms with Gasteiger partial charge in [-0.05, 0) is 68.5 Å². The van der Waals surface area contributed by atoms with Crippen molar-refractivity contribution in [1.82, 2.24) is 30.8 Å². The Morgan fingerprint density at radius 1 is 1.44 bits per heavy atom. The van der Waals surface area contributed by atoms with Gasteiger partial charge in [0.2, 0.25) is 11.7 Å². The molecule has 4 rings (SSSR count). The zero-order valence-electron chi connectivity index (χ0n) is 18.3. The average molecular weight is 463 g/mol. The molecular weight excluding hydrogens is 436 g/mol. The van der Waals surface area contributed by atoms with Gasteiger partial charge in [-0.2, -0.15) is 5.21 Å². The van der Waals surface area contributed by atoms with E-state index in [-0.39, 0.29) is 25.0 Å². The van der Waals surface area contributed by atoms with E-state index in [4.69, 9.17) is 16.3 Å². The van der Waals surface area contributed by atoms with Gasteiger partial charge in [-0.1, -0.05) is 11.6 Å². The zero-order valence-corrected chi connectivity index (χ0v) is 19.0. The van der Waals surface area contributed by atoms with E-state index in [0.717, 1.165) is 12.0 Å². The highest BCUT2D eigenvalue weighted by Gasteiger charge is 2.68. The Bertz CT molecular complexity index is 1010. The predicted molar refractivity (Wildman–Crippen MR) is 115 cm³/mol. The zero-order chi connectivity index (χ0) is 23.1. The minimum Gasteiger partial charge on any atom is -0.381 e. The quantitative estimate of drug-likeness (QED) is 0.564. The largest absolute Gasteiger partial charge is 0.381 e. The minimum atomic E-state index is -1.31. The van der Waals surface area contributed by atoms with E-state index in [0.29, 0.717) is 29.4 Å². The molecule has 1 saturated heterocycles. The molecule has 2 amide bonds. The summed E-state index contributed by atoms with van der Waals surface area (Å²) in [4.78, 5) is 27.6. The maximum absolute atomic E-state index is 13.2. The lowest BCUT2D eigenvalue weighted by molar-refractivity contribution is -0.152. The molecular formula is C21H27ClN6O4. The minimum absolute atomic E-state index is 0.0956. The number of aliphatic hydroxyl groups excluding tert-OH is 1. The number of fused-ring (bicyclic) bond motifs is 1. The number of likely N-dealkylation sites (tertiary alicyclic amines) is 1. The Kier molecular flexibility index (Phi) is 5.95. The molecule has 2 fully saturated rings. The van der Waals surface area contributed by atoms with Crippen LogP contribution in [0.4, 0.5) is 0 Å². The Hall–Kier alpha value is -2.56. The van der Waals surface area contributed by atoms with Gasteiger partial charge in [0.25, 0.3) is 5.91 Å². The van der Waals surface area contributed by atoms with Gasteiger partial charge in [-0.15, -0.1) is 10.2 Å². The van der Waals surface area contributed by atoms with E-state index in [2.05, 4.69) is 25.9 Å². The number of piperidine rings is 1. The maximum atomic E-state index is 13.2. The highest BCUT2D eigenvalue weighted by atomic mass is 35.5. The van der Waals surface area contributed by atoms with Crippen molar-refractivity contribution in [2.75, 3.05) is 13.2 Å². The monoisotopic (exact) mass is 462 g/mol. The lowest BCUT2D eigenvalue weighted by Gasteiger charge is -2.30. The number of tetrazole rings is 1. The summed E-state index contributed by atoms with van der Waals surface area (Å²) in [6, 6.07) is 5.22. The summed E-state index contributed by atoms with van der Waals surface area (Å²) in [6.45, 7) is 6.07. The molecule has 32 heavy (non-hydrogen) atoms. The van der Waals surface area contributed by atoms with Crippen LogP contribution in [0.5, 0.6) is 0 Å². The van der Waals surface area contributed by atoms with Crippen molar-refractivity contribution in [3.05, 3.63) is 28.8 Å². The summed E-state index contributed by atoms with van der Waals surface area (Å²) in [7, 11) is 0. The number of carbonyl (C=O) groups is 2. The van der Waals surface area contributed by atoms with Crippen molar-refractivity contribution in [3.8, 4) is 11.4 Å². The summed E-state index contributed by atoms with van der Waals surface area (Å²) in [5.41, 5.74) is 0.0410. The third-order valence-corrected chi connectivity index (χ3v) is 6.20. The molecule has 3 N–H and O–H groups in total. The molecule has 10 nitrogen and oxygen atoms in total. The van der Waals surface area contributed by atoms with E-state index in [1.54, 1.807) is 18.2 Å². The number of H-pyrrole nitrogens is 1. The molecule has 1 saturated carbocycles. The molecule has 1 aromatic carbocycles. The van der Waals surface area contributed by atoms with Crippen LogP contribution >= 0.6 is 11.6 Å². The maximum Gasteiger partial charge on any atom is 0.254 e. The molecule has 2 aromatic rings. The SMILES string of the molecule is CC(C)(C)OC[C@@H](O)C(=O)N1CC[C@@H]2C[C@@]21C(=O)NCc1cc(Cl)ccc1-c1nn[nH]n1. The van der Waals surface area contributed by atoms with Crippen LogP contribution in [0.2, 0.25) is 5.02 Å². The fourth-order valence-corrected chi connectivity index (χ4v) is 4.49. The van der Waals surface area contributed by atoms with Gasteiger partial charge in [-0.3, -0.25) is 9.59 Å². The first kappa shape index (κ1) is 22.6. The number of ether oxygens (including phenoxy) is 1. The molecule has 2 aliphatic rings. The first-order valence-corrected chi connectivity index (χ1v) is 10.9. The molecule has 1 aromatic heterocycles. The van der Waals surface area contributed by atoms with E-state index < -0.39 is 23.2 Å². The Morgan fingerprint density at radius 3 is 2.88 bits per heavy atom. The lowest BCUT2D eigenvalue weighted by atomic mass is 10.1. The van der Waals surface area contributed by atoms with Crippen molar-refractivity contribution in [2.45, 2.75) is 57.4 Å². The van der Waals surface area contributed by atoms with Gasteiger partial charge in [0.15, 0.2) is 6.10 Å². The van der Waals surface area contributed by atoms with Crippen LogP contribution in [0, 0.1) is 5.92 Å². The van der Waals surface area contributed by atoms with Crippen molar-refractivity contribution >= 4 is 23.4 Å². The van der Waals surface area contributed by atoms with Gasteiger partial charge in [0.05, 0.1) is 12.2 Å². The lowest BCUT2D eigenvalue weighted by Crippen LogP contribution is -2.53. The summed E-state index contributed by atoms with van der Waals surface area (Å²) in [5.74, 6) is -0.220. The fraction of sp³-hybridized carbons (Fsp3) is 0.571. The molecule has 0 radical (unpaired) electrons. The van der Waals surface area contributed by atoms with E-state index in [1.165, 1.54) is 4.90 Å². The predicted octanol–water partition coefficient (Wildman–Crippen LogP) is 1.30. The highest BCUT2D eigenvalue weighted by Crippen LogP contribution is 2.56. The first-order valence-electron chi connectivity index (χ1n) is 10.6. The van der Waals surface area contributed by atoms with Gasteiger partial charge in [0.1, 0.15) is 5.54 Å². The number of halogens is 1. The van der Waals surface area contributed by atoms with Gasteiger partial charge >= 0.3 is 0 Å². The van der Waals surface area contributed by atoms with Crippen molar-refractivity contribution in [2.24, 2.45) is 5.92 Å². The standard InChI is InChI=1S/C21H27ClN6O4/c1-20(2,3)32-11-16(29)18(30)28-7-6-13-9-21(13,28)19(31)23-10-12-8-14(22)4-5-15(12)17-24-26-27-25-17/h4-5,8,13,16,29H,6-7,9-11H2,1-3H3,(H,23,31)(H,24,25,26,27)/t13-,16-,21+/m1/s1. The number of rotatable bonds is 7. The number of amides is 2. The van der Waals surface area contributed by atoms with Gasteiger partial charge in [0, 0.05) is 23.7 Å². The molecule has 1 aliphatic heterocycles. The van der Waals surface area contributed by atoms with Gasteiger partial charge in [-0.25, -0.2) is 0 Å². The highest BCUT2D eigenvalue weighted by molar-refractivity contribution is 6.30. The summed E-state index contributed by atoms with van der Waals surface area (Å²) in [6.07, 6.45) is 0.0121. The number of benzene rings is 1. The van der Waals surface area contributed by atoms with E-state index >= 15 is 0 Å². The van der Waals surface area contributed by atoms with Crippen molar-refractivity contribution in [3.63, 3.8) is 0 Å². The van der Waals surface area contributed by atoms with Crippen LogP contribution in [0.3, 0.4) is 0 Å². The molecule has 1 aliphatic carbocycles. The second kappa shape index (κ2) is 8.42. The fourth-order valence-electron chi connectivity index (χ4n) is 4.29. The number of hydrogen-bond donors (Lipinski definition) is 3. The molecule has 11 heteroatoms. The van der Waals surface area contributed by atoms with Crippen LogP contribution in [-0.4, -0.2) is 72.8 Å². The van der Waals surface area contributed by atoms with Crippen molar-refractivity contribution in [1.29, 1.82) is 0 Å². The number of nitrogens with one attached hydrogen (secondary N) is 2. The van der Waals surface area contributed by atoms with E-state index in [9.17, 15) is 14.7 Å². The van der Waals surface area contributed by atoms with Crippen LogP contribution in [0.1, 0.15) is 39.2 Å². The number of aromatic amines is 1. The molecule has 172 valence electrons. The molecule has 2 heterocycles. The molecule has 0 spiro atoms. The third-order valence-electron chi connectivity index (χ3n) is 5.97.